The van der Waals surface area contributed by atoms with E-state index in [2.05, 4.69) is 0 Å². The minimum Gasteiger partial charge on any atom is -0.342 e. The maximum Gasteiger partial charge on any atom is 0.248 e. The molecular weight excluding hydrogens is 338 g/mol. The van der Waals surface area contributed by atoms with Crippen LogP contribution in [-0.2, 0) is 9.59 Å². The number of benzene rings is 2. The smallest absolute Gasteiger partial charge is 0.248 e. The van der Waals surface area contributed by atoms with E-state index in [9.17, 15) is 9.59 Å². The molecule has 27 heavy (non-hydrogen) atoms. The van der Waals surface area contributed by atoms with Gasteiger partial charge in [0.1, 0.15) is 12.6 Å². The van der Waals surface area contributed by atoms with Crippen LogP contribution in [0.15, 0.2) is 60.7 Å². The normalized spacial score (nSPS) is 16.4. The Balaban J connectivity index is 2.07. The maximum absolute atomic E-state index is 13.0. The molecule has 1 aliphatic rings. The summed E-state index contributed by atoms with van der Waals surface area (Å²) in [5.41, 5.74) is 9.71. The lowest BCUT2D eigenvalue weighted by Crippen LogP contribution is -2.48. The van der Waals surface area contributed by atoms with Crippen molar-refractivity contribution < 1.29 is 9.59 Å². The summed E-state index contributed by atoms with van der Waals surface area (Å²) in [6, 6.07) is 16.7. The summed E-state index contributed by atoms with van der Waals surface area (Å²) >= 11 is 0. The minimum absolute atomic E-state index is 0.0128. The monoisotopic (exact) mass is 363 g/mol. The number of hydrogen-bond acceptors (Lipinski definition) is 3. The van der Waals surface area contributed by atoms with Crippen molar-refractivity contribution in [2.45, 2.75) is 19.9 Å². The number of nitrogens with two attached hydrogens (primary N) is 1. The van der Waals surface area contributed by atoms with Crippen LogP contribution in [0.3, 0.4) is 0 Å². The largest absolute Gasteiger partial charge is 0.342 e. The van der Waals surface area contributed by atoms with E-state index >= 15 is 0 Å². The van der Waals surface area contributed by atoms with E-state index in [0.717, 1.165) is 16.7 Å². The standard InChI is InChI=1S/C22H25N3O2/c1-3-24(4-2)21(26)15-25-20-13-9-8-12-17(20)18(14-19(23)22(25)27)16-10-6-5-7-11-16/h5-14,19H,3-4,15,23H2,1-2H3. The molecule has 2 aromatic carbocycles. The molecule has 2 N–H and O–H groups in total. The number of carbonyl (C=O) groups is 2. The third kappa shape index (κ3) is 3.78. The zero-order valence-electron chi connectivity index (χ0n) is 15.8. The second-order valence-corrected chi connectivity index (χ2v) is 6.48. The molecule has 0 aliphatic carbocycles. The van der Waals surface area contributed by atoms with E-state index < -0.39 is 6.04 Å². The van der Waals surface area contributed by atoms with Gasteiger partial charge in [0.2, 0.25) is 11.8 Å². The Labute approximate surface area is 160 Å². The summed E-state index contributed by atoms with van der Waals surface area (Å²) in [6.07, 6.45) is 1.79. The van der Waals surface area contributed by atoms with Gasteiger partial charge in [-0.15, -0.1) is 0 Å². The first kappa shape index (κ1) is 18.9. The lowest BCUT2D eigenvalue weighted by atomic mass is 9.95. The van der Waals surface area contributed by atoms with Gasteiger partial charge in [-0.2, -0.15) is 0 Å². The predicted molar refractivity (Wildman–Crippen MR) is 108 cm³/mol. The van der Waals surface area contributed by atoms with Crippen LogP contribution in [0.2, 0.25) is 0 Å². The Morgan fingerprint density at radius 3 is 2.33 bits per heavy atom. The molecule has 3 rings (SSSR count). The van der Waals surface area contributed by atoms with Crippen LogP contribution < -0.4 is 10.6 Å². The SMILES string of the molecule is CCN(CC)C(=O)CN1C(=O)C(N)C=C(c2ccccc2)c2ccccc21. The lowest BCUT2D eigenvalue weighted by Gasteiger charge is -2.27. The average molecular weight is 363 g/mol. The molecule has 5 heteroatoms. The van der Waals surface area contributed by atoms with Crippen LogP contribution in [0, 0.1) is 0 Å². The Morgan fingerprint density at radius 2 is 1.67 bits per heavy atom. The van der Waals surface area contributed by atoms with Gasteiger partial charge in [0.15, 0.2) is 0 Å². The zero-order chi connectivity index (χ0) is 19.4. The van der Waals surface area contributed by atoms with Crippen molar-refractivity contribution in [3.05, 3.63) is 71.8 Å². The van der Waals surface area contributed by atoms with Gasteiger partial charge >= 0.3 is 0 Å². The Hall–Kier alpha value is -2.92. The van der Waals surface area contributed by atoms with Gasteiger partial charge in [-0.3, -0.25) is 9.59 Å². The number of fused-ring (bicyclic) bond motifs is 1. The summed E-state index contributed by atoms with van der Waals surface area (Å²) in [5.74, 6) is -0.354. The topological polar surface area (TPSA) is 66.6 Å². The van der Waals surface area contributed by atoms with Crippen LogP contribution >= 0.6 is 0 Å². The van der Waals surface area contributed by atoms with Crippen molar-refractivity contribution in [2.24, 2.45) is 5.73 Å². The molecule has 1 atom stereocenters. The fraction of sp³-hybridized carbons (Fsp3) is 0.273. The van der Waals surface area contributed by atoms with E-state index in [1.54, 1.807) is 11.0 Å². The number of rotatable bonds is 5. The number of carbonyl (C=O) groups excluding carboxylic acids is 2. The number of amides is 2. The minimum atomic E-state index is -0.808. The van der Waals surface area contributed by atoms with Gasteiger partial charge in [0.05, 0.1) is 5.69 Å². The van der Waals surface area contributed by atoms with Crippen LogP contribution in [-0.4, -0.2) is 42.4 Å². The van der Waals surface area contributed by atoms with Crippen LogP contribution in [0.5, 0.6) is 0 Å². The molecule has 0 radical (unpaired) electrons. The van der Waals surface area contributed by atoms with Gasteiger partial charge in [0.25, 0.3) is 0 Å². The van der Waals surface area contributed by atoms with E-state index in [1.165, 1.54) is 4.90 Å². The second kappa shape index (κ2) is 8.18. The molecule has 1 aliphatic heterocycles. The van der Waals surface area contributed by atoms with Gasteiger partial charge in [-0.1, -0.05) is 48.5 Å². The average Bonchev–Trinajstić information content (AvgIpc) is 2.80. The molecule has 2 amide bonds. The first-order chi connectivity index (χ1) is 13.1. The van der Waals surface area contributed by atoms with E-state index in [-0.39, 0.29) is 18.4 Å². The first-order valence-electron chi connectivity index (χ1n) is 9.28. The summed E-state index contributed by atoms with van der Waals surface area (Å²) < 4.78 is 0. The van der Waals surface area contributed by atoms with Crippen LogP contribution in [0.1, 0.15) is 25.0 Å². The maximum atomic E-state index is 13.0. The Morgan fingerprint density at radius 1 is 1.04 bits per heavy atom. The molecule has 5 nitrogen and oxygen atoms in total. The van der Waals surface area contributed by atoms with Crippen molar-refractivity contribution >= 4 is 23.1 Å². The molecule has 0 aromatic heterocycles. The third-order valence-electron chi connectivity index (χ3n) is 4.88. The van der Waals surface area contributed by atoms with Crippen molar-refractivity contribution in [3.63, 3.8) is 0 Å². The summed E-state index contributed by atoms with van der Waals surface area (Å²) in [4.78, 5) is 28.9. The van der Waals surface area contributed by atoms with Gasteiger partial charge in [0, 0.05) is 18.7 Å². The number of likely N-dealkylation sites (N-methyl/N-ethyl adjacent to an activating group) is 1. The van der Waals surface area contributed by atoms with Crippen molar-refractivity contribution in [1.82, 2.24) is 4.90 Å². The highest BCUT2D eigenvalue weighted by molar-refractivity contribution is 6.08. The van der Waals surface area contributed by atoms with Gasteiger partial charge in [-0.25, -0.2) is 0 Å². The van der Waals surface area contributed by atoms with Crippen molar-refractivity contribution in [3.8, 4) is 0 Å². The fourth-order valence-electron chi connectivity index (χ4n) is 3.42. The molecule has 0 saturated carbocycles. The van der Waals surface area contributed by atoms with Crippen molar-refractivity contribution in [2.75, 3.05) is 24.5 Å². The zero-order valence-corrected chi connectivity index (χ0v) is 15.8. The molecule has 1 heterocycles. The number of anilines is 1. The summed E-state index contributed by atoms with van der Waals surface area (Å²) in [6.45, 7) is 5.07. The third-order valence-corrected chi connectivity index (χ3v) is 4.88. The molecule has 0 bridgehead atoms. The predicted octanol–water partition coefficient (Wildman–Crippen LogP) is 2.66. The number of hydrogen-bond donors (Lipinski definition) is 1. The quantitative estimate of drug-likeness (QED) is 0.888. The molecule has 140 valence electrons. The highest BCUT2D eigenvalue weighted by Gasteiger charge is 2.30. The highest BCUT2D eigenvalue weighted by atomic mass is 16.2. The van der Waals surface area contributed by atoms with E-state index in [1.807, 2.05) is 68.4 Å². The van der Waals surface area contributed by atoms with Crippen LogP contribution in [0.4, 0.5) is 5.69 Å². The summed E-state index contributed by atoms with van der Waals surface area (Å²) in [5, 5.41) is 0. The summed E-state index contributed by atoms with van der Waals surface area (Å²) in [7, 11) is 0. The molecule has 1 unspecified atom stereocenters. The Kier molecular flexibility index (Phi) is 5.72. The lowest BCUT2D eigenvalue weighted by molar-refractivity contribution is -0.131. The number of nitrogens with zero attached hydrogens (tertiary/aromatic N) is 2. The highest BCUT2D eigenvalue weighted by Crippen LogP contribution is 2.34. The van der Waals surface area contributed by atoms with Gasteiger partial charge in [-0.05, 0) is 37.1 Å². The molecule has 0 saturated heterocycles. The second-order valence-electron chi connectivity index (χ2n) is 6.48. The molecule has 0 fully saturated rings. The fourth-order valence-corrected chi connectivity index (χ4v) is 3.42. The Bertz CT molecular complexity index is 857. The van der Waals surface area contributed by atoms with E-state index in [4.69, 9.17) is 5.73 Å². The van der Waals surface area contributed by atoms with Crippen LogP contribution in [0.25, 0.3) is 5.57 Å². The van der Waals surface area contributed by atoms with E-state index in [0.29, 0.717) is 18.8 Å². The number of para-hydroxylation sites is 1. The molecule has 0 spiro atoms. The molecule has 2 aromatic rings. The molecular formula is C22H25N3O2. The first-order valence-corrected chi connectivity index (χ1v) is 9.28. The van der Waals surface area contributed by atoms with Crippen molar-refractivity contribution in [1.29, 1.82) is 0 Å². The van der Waals surface area contributed by atoms with Gasteiger partial charge < -0.3 is 15.5 Å².